The van der Waals surface area contributed by atoms with Crippen molar-refractivity contribution < 1.29 is 33.1 Å². The first-order valence-corrected chi connectivity index (χ1v) is 23.2. The van der Waals surface area contributed by atoms with E-state index >= 15 is 0 Å². The van der Waals surface area contributed by atoms with Crippen LogP contribution in [-0.2, 0) is 23.4 Å². The Hall–Kier alpha value is -1.14. The molecule has 0 aliphatic rings. The van der Waals surface area contributed by atoms with Crippen molar-refractivity contribution in [1.82, 2.24) is 0 Å². The Balaban J connectivity index is 3.81. The first kappa shape index (κ1) is 49.9. The van der Waals surface area contributed by atoms with E-state index in [0.717, 1.165) is 32.1 Å². The molecule has 0 saturated heterocycles. The number of carbonyl (C=O) groups is 1. The van der Waals surface area contributed by atoms with Gasteiger partial charge in [0.25, 0.3) is 0 Å². The molecule has 0 aliphatic heterocycles. The minimum absolute atomic E-state index is 0.00453. The van der Waals surface area contributed by atoms with Gasteiger partial charge >= 0.3 is 13.8 Å². The summed E-state index contributed by atoms with van der Waals surface area (Å²) in [6.45, 7) is 4.12. The summed E-state index contributed by atoms with van der Waals surface area (Å²) in [5.74, 6) is -0.386. The van der Waals surface area contributed by atoms with Crippen LogP contribution >= 0.6 is 7.82 Å². The van der Waals surface area contributed by atoms with Gasteiger partial charge in [-0.3, -0.25) is 9.32 Å². The summed E-state index contributed by atoms with van der Waals surface area (Å²) in [5.41, 5.74) is 0. The van der Waals surface area contributed by atoms with Gasteiger partial charge in [-0.15, -0.1) is 0 Å². The van der Waals surface area contributed by atoms with Crippen molar-refractivity contribution in [2.75, 3.05) is 13.2 Å². The number of unbranched alkanes of at least 4 members (excludes halogenated alkanes) is 29. The van der Waals surface area contributed by atoms with Crippen molar-refractivity contribution >= 4 is 13.8 Å². The van der Waals surface area contributed by atoms with E-state index in [9.17, 15) is 9.36 Å². The SMILES string of the molecule is CCCCCCCC/C=C\CCCCCCCCCC(=O)O[C@H](CO/C=C\CCCCCCCCCCCCCCCCCC)COP(=O)(O)O. The Kier molecular flexibility index (Phi) is 39.2. The van der Waals surface area contributed by atoms with E-state index in [1.165, 1.54) is 173 Å². The normalized spacial score (nSPS) is 12.7. The second kappa shape index (κ2) is 40.1. The number of rotatable bonds is 41. The van der Waals surface area contributed by atoms with E-state index in [2.05, 4.69) is 30.5 Å². The Bertz CT molecular complexity index is 825. The lowest BCUT2D eigenvalue weighted by molar-refractivity contribution is -0.153. The summed E-state index contributed by atoms with van der Waals surface area (Å²) in [6.07, 6.45) is 48.4. The third-order valence-electron chi connectivity index (χ3n) is 9.57. The van der Waals surface area contributed by atoms with Gasteiger partial charge in [-0.2, -0.15) is 0 Å². The highest BCUT2D eigenvalue weighted by atomic mass is 31.2. The zero-order valence-corrected chi connectivity index (χ0v) is 34.4. The molecule has 0 bridgehead atoms. The van der Waals surface area contributed by atoms with E-state index < -0.39 is 20.5 Å². The number of hydrogen-bond donors (Lipinski definition) is 2. The summed E-state index contributed by atoms with van der Waals surface area (Å²) in [5, 5.41) is 0. The van der Waals surface area contributed by atoms with Crippen molar-refractivity contribution in [2.45, 2.75) is 232 Å². The maximum Gasteiger partial charge on any atom is 0.469 e. The molecule has 0 heterocycles. The quantitative estimate of drug-likeness (QED) is 0.0211. The Morgan fingerprint density at radius 3 is 1.25 bits per heavy atom. The van der Waals surface area contributed by atoms with Gasteiger partial charge in [0.15, 0.2) is 6.10 Å². The summed E-state index contributed by atoms with van der Waals surface area (Å²) in [6, 6.07) is 0. The summed E-state index contributed by atoms with van der Waals surface area (Å²) in [4.78, 5) is 30.6. The maximum absolute atomic E-state index is 12.4. The van der Waals surface area contributed by atoms with Gasteiger partial charge in [0.1, 0.15) is 6.61 Å². The van der Waals surface area contributed by atoms with E-state index in [0.29, 0.717) is 0 Å². The zero-order chi connectivity index (χ0) is 37.4. The van der Waals surface area contributed by atoms with E-state index in [1.54, 1.807) is 6.26 Å². The molecule has 0 radical (unpaired) electrons. The van der Waals surface area contributed by atoms with Crippen molar-refractivity contribution in [2.24, 2.45) is 0 Å². The first-order chi connectivity index (χ1) is 24.9. The van der Waals surface area contributed by atoms with Crippen LogP contribution in [0.5, 0.6) is 0 Å². The van der Waals surface area contributed by atoms with Crippen LogP contribution in [0.25, 0.3) is 0 Å². The standard InChI is InChI=1S/C43H83O7P/c1-3-5-7-9-11-13-15-17-19-21-23-25-27-29-31-33-35-37-39-48-40-42(41-49-51(45,46)47)50-43(44)38-36-34-32-30-28-26-24-22-20-18-16-14-12-10-8-6-4-2/h18,20,37,39,42H,3-17,19,21-36,38,40-41H2,1-2H3,(H2,45,46,47)/b20-18-,39-37-/t42-/m1/s1. The first-order valence-electron chi connectivity index (χ1n) is 21.7. The van der Waals surface area contributed by atoms with Gasteiger partial charge in [-0.25, -0.2) is 4.57 Å². The van der Waals surface area contributed by atoms with Gasteiger partial charge in [0, 0.05) is 6.42 Å². The Morgan fingerprint density at radius 2 is 0.863 bits per heavy atom. The van der Waals surface area contributed by atoms with Crippen LogP contribution < -0.4 is 0 Å². The van der Waals surface area contributed by atoms with Gasteiger partial charge in [0.2, 0.25) is 0 Å². The number of esters is 1. The molecule has 0 fully saturated rings. The molecule has 0 aromatic heterocycles. The van der Waals surface area contributed by atoms with Crippen molar-refractivity contribution in [3.8, 4) is 0 Å². The molecule has 7 nitrogen and oxygen atoms in total. The molecule has 2 N–H and O–H groups in total. The van der Waals surface area contributed by atoms with Gasteiger partial charge in [-0.05, 0) is 51.0 Å². The molecule has 0 rings (SSSR count). The smallest absolute Gasteiger partial charge is 0.469 e. The number of phosphoric acid groups is 1. The molecule has 0 amide bonds. The van der Waals surface area contributed by atoms with Crippen LogP contribution in [0.15, 0.2) is 24.5 Å². The lowest BCUT2D eigenvalue weighted by Gasteiger charge is -2.18. The number of carbonyl (C=O) groups excluding carboxylic acids is 1. The van der Waals surface area contributed by atoms with Gasteiger partial charge in [-0.1, -0.05) is 187 Å². The molecule has 8 heteroatoms. The van der Waals surface area contributed by atoms with Crippen molar-refractivity contribution in [3.63, 3.8) is 0 Å². The zero-order valence-electron chi connectivity index (χ0n) is 33.5. The molecule has 302 valence electrons. The topological polar surface area (TPSA) is 102 Å². The van der Waals surface area contributed by atoms with Crippen LogP contribution in [-0.4, -0.2) is 35.1 Å². The van der Waals surface area contributed by atoms with Gasteiger partial charge < -0.3 is 19.3 Å². The van der Waals surface area contributed by atoms with Crippen molar-refractivity contribution in [1.29, 1.82) is 0 Å². The number of allylic oxidation sites excluding steroid dienone is 3. The van der Waals surface area contributed by atoms with Crippen LogP contribution in [0.4, 0.5) is 0 Å². The average Bonchev–Trinajstić information content (AvgIpc) is 3.10. The fourth-order valence-corrected chi connectivity index (χ4v) is 6.70. The minimum atomic E-state index is -4.67. The summed E-state index contributed by atoms with van der Waals surface area (Å²) >= 11 is 0. The molecule has 0 aromatic rings. The Morgan fingerprint density at radius 1 is 0.510 bits per heavy atom. The number of phosphoric ester groups is 1. The molecule has 0 saturated carbocycles. The molecular formula is C43H83O7P. The molecule has 0 aromatic carbocycles. The second-order valence-electron chi connectivity index (χ2n) is 14.7. The molecule has 0 unspecified atom stereocenters. The highest BCUT2D eigenvalue weighted by Crippen LogP contribution is 2.36. The van der Waals surface area contributed by atoms with E-state index in [4.69, 9.17) is 19.3 Å². The fourth-order valence-electron chi connectivity index (χ4n) is 6.34. The third-order valence-corrected chi connectivity index (χ3v) is 10.1. The van der Waals surface area contributed by atoms with Crippen LogP contribution in [0, 0.1) is 0 Å². The highest BCUT2D eigenvalue weighted by Gasteiger charge is 2.21. The predicted molar refractivity (Wildman–Crippen MR) is 216 cm³/mol. The minimum Gasteiger partial charge on any atom is -0.498 e. The maximum atomic E-state index is 12.4. The number of ether oxygens (including phenoxy) is 2. The lowest BCUT2D eigenvalue weighted by atomic mass is 10.0. The van der Waals surface area contributed by atoms with Crippen LogP contribution in [0.3, 0.4) is 0 Å². The number of hydrogen-bond acceptors (Lipinski definition) is 5. The third kappa shape index (κ3) is 43.2. The molecule has 1 atom stereocenters. The van der Waals surface area contributed by atoms with Gasteiger partial charge in [0.05, 0.1) is 12.9 Å². The average molecular weight is 743 g/mol. The molecule has 0 aliphatic carbocycles. The largest absolute Gasteiger partial charge is 0.498 e. The highest BCUT2D eigenvalue weighted by molar-refractivity contribution is 7.46. The summed E-state index contributed by atoms with van der Waals surface area (Å²) in [7, 11) is -4.67. The second-order valence-corrected chi connectivity index (χ2v) is 16.0. The van der Waals surface area contributed by atoms with Crippen LogP contribution in [0.2, 0.25) is 0 Å². The summed E-state index contributed by atoms with van der Waals surface area (Å²) < 4.78 is 26.8. The monoisotopic (exact) mass is 743 g/mol. The molecular weight excluding hydrogens is 659 g/mol. The molecule has 51 heavy (non-hydrogen) atoms. The lowest BCUT2D eigenvalue weighted by Crippen LogP contribution is -2.27. The van der Waals surface area contributed by atoms with Crippen LogP contribution in [0.1, 0.15) is 226 Å². The van der Waals surface area contributed by atoms with E-state index in [-0.39, 0.29) is 19.0 Å². The fraction of sp³-hybridized carbons (Fsp3) is 0.884. The van der Waals surface area contributed by atoms with E-state index in [1.807, 2.05) is 6.08 Å². The van der Waals surface area contributed by atoms with Crippen molar-refractivity contribution in [3.05, 3.63) is 24.5 Å². The Labute approximate surface area is 315 Å². The molecule has 0 spiro atoms. The predicted octanol–water partition coefficient (Wildman–Crippen LogP) is 14.0.